The summed E-state index contributed by atoms with van der Waals surface area (Å²) in [6.07, 6.45) is 0. The number of thiophene rings is 1. The molecule has 0 saturated carbocycles. The van der Waals surface area contributed by atoms with E-state index in [4.69, 9.17) is 11.6 Å². The Morgan fingerprint density at radius 1 is 1.27 bits per heavy atom. The van der Waals surface area contributed by atoms with Crippen molar-refractivity contribution >= 4 is 34.5 Å². The van der Waals surface area contributed by atoms with Gasteiger partial charge in [0.15, 0.2) is 0 Å². The number of nitrogens with zero attached hydrogens (tertiary/aromatic N) is 2. The molecule has 1 amide bonds. The molecule has 3 rings (SSSR count). The SMILES string of the molecule is Cc1cc(C)c(NC(=O)C(C)N2CCN(Cc3cccs3)CC2)c(Cl)c1. The number of carbonyl (C=O) groups excluding carboxylic acids is 1. The third-order valence-electron chi connectivity index (χ3n) is 4.97. The van der Waals surface area contributed by atoms with Crippen molar-refractivity contribution in [2.45, 2.75) is 33.4 Å². The zero-order valence-electron chi connectivity index (χ0n) is 15.6. The van der Waals surface area contributed by atoms with E-state index in [1.807, 2.05) is 32.9 Å². The first-order valence-corrected chi connectivity index (χ1v) is 10.3. The van der Waals surface area contributed by atoms with Crippen molar-refractivity contribution in [3.8, 4) is 0 Å². The van der Waals surface area contributed by atoms with Gasteiger partial charge in [0, 0.05) is 37.6 Å². The standard InChI is InChI=1S/C20H26ClN3OS/c1-14-11-15(2)19(18(21)12-14)22-20(25)16(3)24-8-6-23(7-9-24)13-17-5-4-10-26-17/h4-5,10-12,16H,6-9,13H2,1-3H3,(H,22,25). The van der Waals surface area contributed by atoms with Crippen molar-refractivity contribution in [1.29, 1.82) is 0 Å². The van der Waals surface area contributed by atoms with E-state index < -0.39 is 0 Å². The van der Waals surface area contributed by atoms with E-state index in [1.165, 1.54) is 4.88 Å². The molecule has 26 heavy (non-hydrogen) atoms. The van der Waals surface area contributed by atoms with Gasteiger partial charge in [-0.2, -0.15) is 0 Å². The van der Waals surface area contributed by atoms with Gasteiger partial charge in [-0.25, -0.2) is 0 Å². The van der Waals surface area contributed by atoms with Crippen LogP contribution in [0.2, 0.25) is 5.02 Å². The van der Waals surface area contributed by atoms with Crippen molar-refractivity contribution in [2.24, 2.45) is 0 Å². The molecule has 2 heterocycles. The highest BCUT2D eigenvalue weighted by atomic mass is 35.5. The van der Waals surface area contributed by atoms with Gasteiger partial charge in [0.25, 0.3) is 0 Å². The number of carbonyl (C=O) groups is 1. The zero-order valence-corrected chi connectivity index (χ0v) is 17.2. The summed E-state index contributed by atoms with van der Waals surface area (Å²) >= 11 is 8.12. The minimum atomic E-state index is -0.171. The number of aryl methyl sites for hydroxylation is 2. The Balaban J connectivity index is 1.55. The normalized spacial score (nSPS) is 17.2. The number of rotatable bonds is 5. The average molecular weight is 392 g/mol. The van der Waals surface area contributed by atoms with Crippen LogP contribution < -0.4 is 5.32 Å². The number of anilines is 1. The van der Waals surface area contributed by atoms with E-state index in [9.17, 15) is 4.79 Å². The smallest absolute Gasteiger partial charge is 0.241 e. The first-order valence-electron chi connectivity index (χ1n) is 9.00. The van der Waals surface area contributed by atoms with Crippen LogP contribution in [0.15, 0.2) is 29.6 Å². The highest BCUT2D eigenvalue weighted by Gasteiger charge is 2.26. The number of amides is 1. The topological polar surface area (TPSA) is 35.6 Å². The number of hydrogen-bond acceptors (Lipinski definition) is 4. The van der Waals surface area contributed by atoms with Crippen LogP contribution in [0.4, 0.5) is 5.69 Å². The lowest BCUT2D eigenvalue weighted by molar-refractivity contribution is -0.121. The molecule has 4 nitrogen and oxygen atoms in total. The summed E-state index contributed by atoms with van der Waals surface area (Å²) in [6.45, 7) is 10.7. The van der Waals surface area contributed by atoms with Crippen molar-refractivity contribution in [3.63, 3.8) is 0 Å². The predicted octanol–water partition coefficient (Wildman–Crippen LogP) is 4.16. The number of piperazine rings is 1. The Hall–Kier alpha value is -1.40. The van der Waals surface area contributed by atoms with Crippen LogP contribution in [0.3, 0.4) is 0 Å². The summed E-state index contributed by atoms with van der Waals surface area (Å²) in [5, 5.41) is 5.75. The molecule has 1 N–H and O–H groups in total. The largest absolute Gasteiger partial charge is 0.323 e. The van der Waals surface area contributed by atoms with Gasteiger partial charge in [0.1, 0.15) is 0 Å². The van der Waals surface area contributed by atoms with E-state index in [-0.39, 0.29) is 11.9 Å². The molecule has 1 aromatic carbocycles. The molecule has 0 bridgehead atoms. The molecule has 1 saturated heterocycles. The zero-order chi connectivity index (χ0) is 18.7. The molecular weight excluding hydrogens is 366 g/mol. The maximum absolute atomic E-state index is 12.7. The summed E-state index contributed by atoms with van der Waals surface area (Å²) in [4.78, 5) is 18.8. The fourth-order valence-electron chi connectivity index (χ4n) is 3.40. The van der Waals surface area contributed by atoms with Crippen LogP contribution >= 0.6 is 22.9 Å². The minimum Gasteiger partial charge on any atom is -0.323 e. The maximum atomic E-state index is 12.7. The molecule has 1 aliphatic heterocycles. The highest BCUT2D eigenvalue weighted by molar-refractivity contribution is 7.09. The van der Waals surface area contributed by atoms with Gasteiger partial charge < -0.3 is 5.32 Å². The molecule has 0 aliphatic carbocycles. The third-order valence-corrected chi connectivity index (χ3v) is 6.13. The summed E-state index contributed by atoms with van der Waals surface area (Å²) in [5.41, 5.74) is 2.82. The fourth-order valence-corrected chi connectivity index (χ4v) is 4.51. The van der Waals surface area contributed by atoms with Crippen LogP contribution in [-0.4, -0.2) is 47.9 Å². The molecule has 0 radical (unpaired) electrons. The lowest BCUT2D eigenvalue weighted by Gasteiger charge is -2.37. The monoisotopic (exact) mass is 391 g/mol. The Morgan fingerprint density at radius 2 is 2.00 bits per heavy atom. The van der Waals surface area contributed by atoms with Crippen LogP contribution in [0.1, 0.15) is 22.9 Å². The fraction of sp³-hybridized carbons (Fsp3) is 0.450. The van der Waals surface area contributed by atoms with Gasteiger partial charge in [-0.15, -0.1) is 11.3 Å². The van der Waals surface area contributed by atoms with Crippen LogP contribution in [0.5, 0.6) is 0 Å². The minimum absolute atomic E-state index is 0.00515. The predicted molar refractivity (Wildman–Crippen MR) is 110 cm³/mol. The summed E-state index contributed by atoms with van der Waals surface area (Å²) < 4.78 is 0. The number of halogens is 1. The molecule has 1 atom stereocenters. The van der Waals surface area contributed by atoms with Gasteiger partial charge in [-0.1, -0.05) is 23.7 Å². The Kier molecular flexibility index (Phi) is 6.35. The van der Waals surface area contributed by atoms with Crippen molar-refractivity contribution in [2.75, 3.05) is 31.5 Å². The maximum Gasteiger partial charge on any atom is 0.241 e. The number of nitrogens with one attached hydrogen (secondary N) is 1. The van der Waals surface area contributed by atoms with E-state index in [0.717, 1.165) is 49.5 Å². The van der Waals surface area contributed by atoms with Gasteiger partial charge in [0.2, 0.25) is 5.91 Å². The first-order chi connectivity index (χ1) is 12.4. The van der Waals surface area contributed by atoms with Crippen molar-refractivity contribution < 1.29 is 4.79 Å². The quantitative estimate of drug-likeness (QED) is 0.831. The van der Waals surface area contributed by atoms with Gasteiger partial charge >= 0.3 is 0 Å². The van der Waals surface area contributed by atoms with Crippen molar-refractivity contribution in [1.82, 2.24) is 9.80 Å². The van der Waals surface area contributed by atoms with E-state index >= 15 is 0 Å². The lowest BCUT2D eigenvalue weighted by Crippen LogP contribution is -2.52. The molecular formula is C20H26ClN3OS. The molecule has 1 fully saturated rings. The Bertz CT molecular complexity index is 731. The summed E-state index contributed by atoms with van der Waals surface area (Å²) in [6, 6.07) is 8.03. The lowest BCUT2D eigenvalue weighted by atomic mass is 10.1. The molecule has 1 aromatic heterocycles. The van der Waals surface area contributed by atoms with Gasteiger partial charge in [-0.05, 0) is 49.4 Å². The molecule has 1 aliphatic rings. The van der Waals surface area contributed by atoms with Gasteiger partial charge in [-0.3, -0.25) is 14.6 Å². The Labute approximate surface area is 164 Å². The third kappa shape index (κ3) is 4.65. The van der Waals surface area contributed by atoms with Crippen LogP contribution in [-0.2, 0) is 11.3 Å². The second-order valence-electron chi connectivity index (χ2n) is 7.00. The highest BCUT2D eigenvalue weighted by Crippen LogP contribution is 2.27. The number of hydrogen-bond donors (Lipinski definition) is 1. The van der Waals surface area contributed by atoms with Crippen molar-refractivity contribution in [3.05, 3.63) is 50.7 Å². The summed E-state index contributed by atoms with van der Waals surface area (Å²) in [7, 11) is 0. The molecule has 1 unspecified atom stereocenters. The molecule has 140 valence electrons. The second-order valence-corrected chi connectivity index (χ2v) is 8.43. The van der Waals surface area contributed by atoms with E-state index in [0.29, 0.717) is 5.02 Å². The molecule has 6 heteroatoms. The van der Waals surface area contributed by atoms with E-state index in [2.05, 4.69) is 32.6 Å². The second kappa shape index (κ2) is 8.53. The summed E-state index contributed by atoms with van der Waals surface area (Å²) in [5.74, 6) is 0.00515. The van der Waals surface area contributed by atoms with E-state index in [1.54, 1.807) is 11.3 Å². The molecule has 0 spiro atoms. The first kappa shape index (κ1) is 19.4. The van der Waals surface area contributed by atoms with Crippen LogP contribution in [0, 0.1) is 13.8 Å². The Morgan fingerprint density at radius 3 is 2.62 bits per heavy atom. The van der Waals surface area contributed by atoms with Gasteiger partial charge in [0.05, 0.1) is 16.8 Å². The molecule has 2 aromatic rings. The number of benzene rings is 1. The van der Waals surface area contributed by atoms with Crippen LogP contribution in [0.25, 0.3) is 0 Å². The average Bonchev–Trinajstić information content (AvgIpc) is 3.11.